The third-order valence-corrected chi connectivity index (χ3v) is 4.51. The number of aliphatic hydroxyl groups is 1. The van der Waals surface area contributed by atoms with Gasteiger partial charge in [-0.3, -0.25) is 0 Å². The lowest BCUT2D eigenvalue weighted by Gasteiger charge is -2.09. The molecule has 0 radical (unpaired) electrons. The molecule has 0 aliphatic carbocycles. The van der Waals surface area contributed by atoms with Crippen molar-refractivity contribution in [1.29, 1.82) is 0 Å². The fourth-order valence-electron chi connectivity index (χ4n) is 1.68. The van der Waals surface area contributed by atoms with Crippen LogP contribution in [0.5, 0.6) is 0 Å². The van der Waals surface area contributed by atoms with Crippen molar-refractivity contribution in [3.05, 3.63) is 58.1 Å². The zero-order valence-electron chi connectivity index (χ0n) is 10.4. The van der Waals surface area contributed by atoms with Gasteiger partial charge in [-0.15, -0.1) is 0 Å². The summed E-state index contributed by atoms with van der Waals surface area (Å²) in [6.45, 7) is 1.96. The van der Waals surface area contributed by atoms with Crippen LogP contribution in [0.2, 0.25) is 10.0 Å². The van der Waals surface area contributed by atoms with Crippen molar-refractivity contribution in [2.45, 2.75) is 29.2 Å². The predicted octanol–water partition coefficient (Wildman–Crippen LogP) is 5.59. The lowest BCUT2D eigenvalue weighted by Crippen LogP contribution is -1.94. The molecule has 0 heterocycles. The predicted molar refractivity (Wildman–Crippen MR) is 82.3 cm³/mol. The van der Waals surface area contributed by atoms with E-state index in [9.17, 15) is 5.11 Å². The van der Waals surface area contributed by atoms with E-state index >= 15 is 0 Å². The minimum absolute atomic E-state index is 0.395. The summed E-state index contributed by atoms with van der Waals surface area (Å²) in [4.78, 5) is 1.99. The van der Waals surface area contributed by atoms with Crippen LogP contribution in [0.25, 0.3) is 0 Å². The molecule has 1 unspecified atom stereocenters. The molecule has 4 heteroatoms. The number of aliphatic hydroxyl groups excluding tert-OH is 1. The maximum atomic E-state index is 9.75. The van der Waals surface area contributed by atoms with Gasteiger partial charge in [0.2, 0.25) is 0 Å². The zero-order chi connectivity index (χ0) is 13.8. The molecular weight excluding hydrogens is 299 g/mol. The van der Waals surface area contributed by atoms with Gasteiger partial charge in [0.25, 0.3) is 0 Å². The summed E-state index contributed by atoms with van der Waals surface area (Å²) in [6.07, 6.45) is 0.320. The van der Waals surface area contributed by atoms with Gasteiger partial charge in [-0.1, -0.05) is 54.0 Å². The highest BCUT2D eigenvalue weighted by atomic mass is 35.5. The van der Waals surface area contributed by atoms with Crippen LogP contribution in [0, 0.1) is 0 Å². The molecule has 0 saturated heterocycles. The lowest BCUT2D eigenvalue weighted by atomic mass is 10.1. The Hall–Kier alpha value is -0.670. The summed E-state index contributed by atoms with van der Waals surface area (Å²) in [7, 11) is 0. The topological polar surface area (TPSA) is 20.2 Å². The second-order valence-corrected chi connectivity index (χ2v) is 6.13. The first-order valence-corrected chi connectivity index (χ1v) is 7.58. The molecule has 0 aliphatic rings. The van der Waals surface area contributed by atoms with Gasteiger partial charge in [-0.05, 0) is 42.3 Å². The maximum absolute atomic E-state index is 9.75. The molecule has 1 atom stereocenters. The zero-order valence-corrected chi connectivity index (χ0v) is 12.8. The number of rotatable bonds is 4. The van der Waals surface area contributed by atoms with Gasteiger partial charge in [-0.25, -0.2) is 0 Å². The first kappa shape index (κ1) is 14.7. The molecule has 0 aromatic heterocycles. The smallest absolute Gasteiger partial charge is 0.0787 e. The Labute approximate surface area is 127 Å². The Morgan fingerprint density at radius 1 is 1.11 bits per heavy atom. The lowest BCUT2D eigenvalue weighted by molar-refractivity contribution is 0.173. The van der Waals surface area contributed by atoms with Gasteiger partial charge in [0.1, 0.15) is 0 Å². The minimum Gasteiger partial charge on any atom is -0.388 e. The molecule has 2 aromatic carbocycles. The quantitative estimate of drug-likeness (QED) is 0.794. The van der Waals surface area contributed by atoms with Gasteiger partial charge in [0, 0.05) is 14.8 Å². The van der Waals surface area contributed by atoms with Crippen molar-refractivity contribution in [2.75, 3.05) is 0 Å². The van der Waals surface area contributed by atoms with E-state index in [0.29, 0.717) is 16.5 Å². The summed E-state index contributed by atoms with van der Waals surface area (Å²) < 4.78 is 0. The van der Waals surface area contributed by atoms with Crippen molar-refractivity contribution in [2.24, 2.45) is 0 Å². The molecular formula is C15H14Cl2OS. The van der Waals surface area contributed by atoms with E-state index in [0.717, 1.165) is 15.4 Å². The van der Waals surface area contributed by atoms with Crippen LogP contribution in [-0.4, -0.2) is 5.11 Å². The molecule has 0 saturated carbocycles. The van der Waals surface area contributed by atoms with Crippen molar-refractivity contribution in [1.82, 2.24) is 0 Å². The van der Waals surface area contributed by atoms with Gasteiger partial charge < -0.3 is 5.11 Å². The fourth-order valence-corrected chi connectivity index (χ4v) is 3.02. The molecule has 2 aromatic rings. The summed E-state index contributed by atoms with van der Waals surface area (Å²) in [5.41, 5.74) is 0.934. The number of benzene rings is 2. The second-order valence-electron chi connectivity index (χ2n) is 4.17. The normalized spacial score (nSPS) is 12.4. The first-order valence-electron chi connectivity index (χ1n) is 6.01. The van der Waals surface area contributed by atoms with Crippen LogP contribution >= 0.6 is 35.0 Å². The third kappa shape index (κ3) is 3.90. The Kier molecular flexibility index (Phi) is 5.17. The summed E-state index contributed by atoms with van der Waals surface area (Å²) in [5.74, 6) is 0. The molecule has 2 rings (SSSR count). The van der Waals surface area contributed by atoms with E-state index < -0.39 is 6.10 Å². The Morgan fingerprint density at radius 3 is 2.42 bits per heavy atom. The standard InChI is InChI=1S/C15H14Cl2OS/c1-2-14(18)10-3-6-12(7-4-10)19-15-9-11(16)5-8-13(15)17/h3-9,14,18H,2H2,1H3. The van der Waals surface area contributed by atoms with E-state index in [1.807, 2.05) is 37.3 Å². The van der Waals surface area contributed by atoms with Crippen molar-refractivity contribution in [3.8, 4) is 0 Å². The molecule has 1 N–H and O–H groups in total. The molecule has 100 valence electrons. The van der Waals surface area contributed by atoms with Crippen LogP contribution in [0.3, 0.4) is 0 Å². The highest BCUT2D eigenvalue weighted by Gasteiger charge is 2.06. The average Bonchev–Trinajstić information content (AvgIpc) is 2.43. The van der Waals surface area contributed by atoms with E-state index in [1.54, 1.807) is 23.9 Å². The van der Waals surface area contributed by atoms with Crippen molar-refractivity contribution in [3.63, 3.8) is 0 Å². The van der Waals surface area contributed by atoms with Gasteiger partial charge >= 0.3 is 0 Å². The second kappa shape index (κ2) is 6.67. The average molecular weight is 313 g/mol. The Bertz CT molecular complexity index is 555. The van der Waals surface area contributed by atoms with E-state index in [-0.39, 0.29) is 0 Å². The monoisotopic (exact) mass is 312 g/mol. The van der Waals surface area contributed by atoms with Crippen LogP contribution in [0.1, 0.15) is 25.0 Å². The van der Waals surface area contributed by atoms with Gasteiger partial charge in [-0.2, -0.15) is 0 Å². The highest BCUT2D eigenvalue weighted by Crippen LogP contribution is 2.35. The summed E-state index contributed by atoms with van der Waals surface area (Å²) in [5, 5.41) is 11.1. The van der Waals surface area contributed by atoms with Crippen LogP contribution < -0.4 is 0 Å². The maximum Gasteiger partial charge on any atom is 0.0787 e. The van der Waals surface area contributed by atoms with Crippen LogP contribution in [0.4, 0.5) is 0 Å². The molecule has 19 heavy (non-hydrogen) atoms. The first-order chi connectivity index (χ1) is 9.10. The van der Waals surface area contributed by atoms with E-state index in [4.69, 9.17) is 23.2 Å². The van der Waals surface area contributed by atoms with Crippen molar-refractivity contribution < 1.29 is 5.11 Å². The van der Waals surface area contributed by atoms with E-state index in [1.165, 1.54) is 0 Å². The third-order valence-electron chi connectivity index (χ3n) is 2.77. The molecule has 0 fully saturated rings. The SMILES string of the molecule is CCC(O)c1ccc(Sc2cc(Cl)ccc2Cl)cc1. The number of hydrogen-bond donors (Lipinski definition) is 1. The molecule has 0 spiro atoms. The minimum atomic E-state index is -0.395. The largest absolute Gasteiger partial charge is 0.388 e. The number of hydrogen-bond acceptors (Lipinski definition) is 2. The molecule has 0 aliphatic heterocycles. The highest BCUT2D eigenvalue weighted by molar-refractivity contribution is 7.99. The summed E-state index contributed by atoms with van der Waals surface area (Å²) in [6, 6.07) is 13.3. The van der Waals surface area contributed by atoms with E-state index in [2.05, 4.69) is 0 Å². The summed E-state index contributed by atoms with van der Waals surface area (Å²) >= 11 is 13.7. The Morgan fingerprint density at radius 2 is 1.79 bits per heavy atom. The molecule has 0 amide bonds. The van der Waals surface area contributed by atoms with Crippen LogP contribution in [0.15, 0.2) is 52.3 Å². The van der Waals surface area contributed by atoms with Gasteiger partial charge in [0.15, 0.2) is 0 Å². The van der Waals surface area contributed by atoms with Gasteiger partial charge in [0.05, 0.1) is 11.1 Å². The van der Waals surface area contributed by atoms with Crippen molar-refractivity contribution >= 4 is 35.0 Å². The Balaban J connectivity index is 2.17. The van der Waals surface area contributed by atoms with Crippen LogP contribution in [-0.2, 0) is 0 Å². The number of halogens is 2. The molecule has 1 nitrogen and oxygen atoms in total. The molecule has 0 bridgehead atoms. The fraction of sp³-hybridized carbons (Fsp3) is 0.200.